The van der Waals surface area contributed by atoms with Gasteiger partial charge >= 0.3 is 0 Å². The molecule has 4 aliphatic rings. The highest BCUT2D eigenvalue weighted by molar-refractivity contribution is 6.13. The van der Waals surface area contributed by atoms with Crippen LogP contribution in [0.4, 0.5) is 5.69 Å². The Morgan fingerprint density at radius 1 is 0.804 bits per heavy atom. The molecule has 0 aromatic heterocycles. The molecule has 2 saturated heterocycles. The number of aryl methyl sites for hydroxylation is 1. The minimum absolute atomic E-state index is 0.0358. The highest BCUT2D eigenvalue weighted by Gasteiger charge is 2.70. The van der Waals surface area contributed by atoms with E-state index in [0.29, 0.717) is 29.0 Å². The second kappa shape index (κ2) is 13.0. The molecule has 0 radical (unpaired) electrons. The molecule has 6 unspecified atom stereocenters. The Morgan fingerprint density at radius 3 is 2.22 bits per heavy atom. The van der Waals surface area contributed by atoms with Crippen molar-refractivity contribution in [1.29, 1.82) is 0 Å². The minimum Gasteiger partial charge on any atom is -0.491 e. The van der Waals surface area contributed by atoms with E-state index in [1.165, 1.54) is 4.90 Å². The number of para-hydroxylation sites is 1. The number of hydrogen-bond donors (Lipinski definition) is 2. The fourth-order valence-corrected chi connectivity index (χ4v) is 9.08. The number of aliphatic hydroxyl groups is 1. The lowest BCUT2D eigenvalue weighted by Crippen LogP contribution is -2.53. The molecule has 2 N–H and O–H groups in total. The lowest BCUT2D eigenvalue weighted by molar-refractivity contribution is -0.142. The molecule has 3 fully saturated rings. The average molecular weight is 682 g/mol. The number of amides is 4. The number of carbonyl (C=O) groups excluding carboxylic acids is 4. The number of nitrogens with zero attached hydrogens (tertiary/aromatic N) is 2. The number of likely N-dealkylation sites (tertiary alicyclic amines) is 1. The highest BCUT2D eigenvalue weighted by atomic mass is 16.5. The quantitative estimate of drug-likeness (QED) is 0.176. The van der Waals surface area contributed by atoms with E-state index in [4.69, 9.17) is 4.74 Å². The predicted octanol–water partition coefficient (Wildman–Crippen LogP) is 5.55. The molecule has 0 spiro atoms. The van der Waals surface area contributed by atoms with Crippen LogP contribution >= 0.6 is 0 Å². The largest absolute Gasteiger partial charge is 0.491 e. The summed E-state index contributed by atoms with van der Waals surface area (Å²) < 4.78 is 6.12. The number of nitrogens with one attached hydrogen (secondary N) is 1. The van der Waals surface area contributed by atoms with Crippen LogP contribution in [0.5, 0.6) is 5.75 Å². The topological polar surface area (TPSA) is 116 Å². The van der Waals surface area contributed by atoms with Gasteiger partial charge in [-0.25, -0.2) is 0 Å². The molecule has 258 valence electrons. The zero-order chi connectivity index (χ0) is 35.3. The van der Waals surface area contributed by atoms with Crippen LogP contribution in [0, 0.1) is 30.6 Å². The van der Waals surface area contributed by atoms with E-state index in [9.17, 15) is 19.5 Å². The number of imide groups is 2. The molecule has 2 heterocycles. The first-order valence-electron chi connectivity index (χ1n) is 17.5. The maximum absolute atomic E-state index is 15.3. The lowest BCUT2D eigenvalue weighted by atomic mass is 9.49. The van der Waals surface area contributed by atoms with Gasteiger partial charge in [0.25, 0.3) is 11.8 Å². The molecule has 8 rings (SSSR count). The molecular weight excluding hydrogens is 642 g/mol. The van der Waals surface area contributed by atoms with Crippen molar-refractivity contribution in [2.45, 2.75) is 37.6 Å². The Kier molecular flexibility index (Phi) is 8.30. The van der Waals surface area contributed by atoms with Gasteiger partial charge in [-0.3, -0.25) is 29.5 Å². The summed E-state index contributed by atoms with van der Waals surface area (Å²) in [4.78, 5) is 59.9. The third kappa shape index (κ3) is 5.17. The summed E-state index contributed by atoms with van der Waals surface area (Å²) in [6.07, 6.45) is 2.60. The van der Waals surface area contributed by atoms with E-state index in [0.717, 1.165) is 21.7 Å². The third-order valence-corrected chi connectivity index (χ3v) is 11.2. The number of hydrazine groups is 1. The number of anilines is 1. The molecular formula is C42H39N3O6. The standard InChI is InChI=1S/C42H39N3O6/c1-26-16-18-29(19-17-26)43-45-39(48)34-24-33-30(20-21-32-36(33)40(49)44(38(32)47)25-27-10-4-2-5-11-27)37(31-14-8-9-15-35(31)51-23-22-46)42(34,41(45)50)28-12-6-3-7-13-28/h2-20,32-34,36-37,43,46H,21-25H2,1H3. The smallest absolute Gasteiger partial charge is 0.260 e. The number of carbonyl (C=O) groups is 4. The molecule has 4 amide bonds. The Bertz CT molecular complexity index is 2030. The van der Waals surface area contributed by atoms with E-state index in [-0.39, 0.29) is 43.9 Å². The zero-order valence-electron chi connectivity index (χ0n) is 28.3. The summed E-state index contributed by atoms with van der Waals surface area (Å²) >= 11 is 0. The van der Waals surface area contributed by atoms with Crippen molar-refractivity contribution in [3.63, 3.8) is 0 Å². The van der Waals surface area contributed by atoms with Crippen LogP contribution < -0.4 is 10.2 Å². The van der Waals surface area contributed by atoms with E-state index in [2.05, 4.69) is 5.43 Å². The Hall–Kier alpha value is -5.54. The lowest BCUT2D eigenvalue weighted by Gasteiger charge is -2.50. The average Bonchev–Trinajstić information content (AvgIpc) is 3.53. The van der Waals surface area contributed by atoms with Gasteiger partial charge in [0.05, 0.1) is 42.0 Å². The molecule has 2 aliphatic heterocycles. The molecule has 0 bridgehead atoms. The van der Waals surface area contributed by atoms with E-state index in [1.54, 1.807) is 0 Å². The Morgan fingerprint density at radius 2 is 1.49 bits per heavy atom. The Balaban J connectivity index is 1.30. The molecule has 4 aromatic rings. The van der Waals surface area contributed by atoms with Crippen LogP contribution in [0.25, 0.3) is 0 Å². The van der Waals surface area contributed by atoms with Crippen LogP contribution in [0.3, 0.4) is 0 Å². The third-order valence-electron chi connectivity index (χ3n) is 11.2. The fourth-order valence-electron chi connectivity index (χ4n) is 9.08. The highest BCUT2D eigenvalue weighted by Crippen LogP contribution is 2.65. The SMILES string of the molecule is Cc1ccc(NN2C(=O)C3CC4C(=CCC5C(=O)N(Cc6ccccc6)C(=O)C54)C(c4ccccc4OCCO)C3(c3ccccc3)C2=O)cc1. The second-order valence-electron chi connectivity index (χ2n) is 13.9. The van der Waals surface area contributed by atoms with Gasteiger partial charge in [0, 0.05) is 11.5 Å². The van der Waals surface area contributed by atoms with Gasteiger partial charge in [-0.05, 0) is 55.0 Å². The summed E-state index contributed by atoms with van der Waals surface area (Å²) in [6, 6.07) is 33.8. The first-order valence-corrected chi connectivity index (χ1v) is 17.5. The maximum atomic E-state index is 15.3. The van der Waals surface area contributed by atoms with Crippen molar-refractivity contribution >= 4 is 29.3 Å². The first-order chi connectivity index (χ1) is 24.8. The number of allylic oxidation sites excluding steroid dienone is 2. The van der Waals surface area contributed by atoms with Gasteiger partial charge in [-0.2, -0.15) is 5.01 Å². The van der Waals surface area contributed by atoms with Gasteiger partial charge in [-0.15, -0.1) is 0 Å². The molecule has 4 aromatic carbocycles. The number of ether oxygens (including phenoxy) is 1. The van der Waals surface area contributed by atoms with E-state index >= 15 is 4.79 Å². The van der Waals surface area contributed by atoms with Crippen LogP contribution in [0.15, 0.2) is 121 Å². The summed E-state index contributed by atoms with van der Waals surface area (Å²) in [5.74, 6) is -4.04. The predicted molar refractivity (Wildman–Crippen MR) is 190 cm³/mol. The van der Waals surface area contributed by atoms with E-state index in [1.807, 2.05) is 122 Å². The van der Waals surface area contributed by atoms with Crippen LogP contribution in [-0.4, -0.2) is 51.9 Å². The van der Waals surface area contributed by atoms with Gasteiger partial charge in [0.1, 0.15) is 12.4 Å². The second-order valence-corrected chi connectivity index (χ2v) is 13.9. The fraction of sp³-hybridized carbons (Fsp3) is 0.286. The summed E-state index contributed by atoms with van der Waals surface area (Å²) in [5.41, 5.74) is 6.46. The zero-order valence-corrected chi connectivity index (χ0v) is 28.3. The van der Waals surface area contributed by atoms with Gasteiger partial charge in [-0.1, -0.05) is 108 Å². The number of rotatable bonds is 9. The van der Waals surface area contributed by atoms with Crippen molar-refractivity contribution in [3.8, 4) is 5.75 Å². The summed E-state index contributed by atoms with van der Waals surface area (Å²) in [6.45, 7) is 1.97. The van der Waals surface area contributed by atoms with Crippen LogP contribution in [0.1, 0.15) is 41.0 Å². The molecule has 9 heteroatoms. The first kappa shape index (κ1) is 32.7. The number of fused-ring (bicyclic) bond motifs is 4. The normalized spacial score (nSPS) is 26.8. The number of aliphatic hydroxyl groups excluding tert-OH is 1. The van der Waals surface area contributed by atoms with Crippen LogP contribution in [-0.2, 0) is 31.1 Å². The number of hydrogen-bond acceptors (Lipinski definition) is 7. The van der Waals surface area contributed by atoms with Crippen LogP contribution in [0.2, 0.25) is 0 Å². The van der Waals surface area contributed by atoms with Crippen molar-refractivity contribution in [2.75, 3.05) is 18.6 Å². The monoisotopic (exact) mass is 681 g/mol. The van der Waals surface area contributed by atoms with Gasteiger partial charge in [0.2, 0.25) is 11.8 Å². The van der Waals surface area contributed by atoms with Crippen molar-refractivity contribution in [3.05, 3.63) is 143 Å². The Labute approximate surface area is 296 Å². The van der Waals surface area contributed by atoms with Crippen molar-refractivity contribution in [2.24, 2.45) is 23.7 Å². The minimum atomic E-state index is -1.40. The van der Waals surface area contributed by atoms with Gasteiger partial charge < -0.3 is 9.84 Å². The molecule has 51 heavy (non-hydrogen) atoms. The molecule has 1 saturated carbocycles. The van der Waals surface area contributed by atoms with E-state index < -0.39 is 40.9 Å². The molecule has 2 aliphatic carbocycles. The summed E-state index contributed by atoms with van der Waals surface area (Å²) in [7, 11) is 0. The molecule has 9 nitrogen and oxygen atoms in total. The number of benzene rings is 4. The van der Waals surface area contributed by atoms with Crippen molar-refractivity contribution in [1.82, 2.24) is 9.91 Å². The molecule has 6 atom stereocenters. The van der Waals surface area contributed by atoms with Gasteiger partial charge in [0.15, 0.2) is 0 Å². The summed E-state index contributed by atoms with van der Waals surface area (Å²) in [5, 5.41) is 10.9. The van der Waals surface area contributed by atoms with Crippen molar-refractivity contribution < 1.29 is 29.0 Å². The maximum Gasteiger partial charge on any atom is 0.260 e.